The lowest BCUT2D eigenvalue weighted by Crippen LogP contribution is -2.47. The first-order valence-electron chi connectivity index (χ1n) is 8.64. The number of alkyl carbamates (subject to hydrolysis) is 1. The highest BCUT2D eigenvalue weighted by atomic mass is 16.6. The van der Waals surface area contributed by atoms with Crippen LogP contribution in [0, 0.1) is 11.8 Å². The van der Waals surface area contributed by atoms with Crippen LogP contribution >= 0.6 is 0 Å². The summed E-state index contributed by atoms with van der Waals surface area (Å²) < 4.78 is 5.24. The van der Waals surface area contributed by atoms with E-state index < -0.39 is 5.60 Å². The Morgan fingerprint density at radius 2 is 1.91 bits per heavy atom. The molecule has 1 atom stereocenters. The van der Waals surface area contributed by atoms with Crippen LogP contribution in [0.25, 0.3) is 0 Å². The van der Waals surface area contributed by atoms with Crippen LogP contribution in [0.2, 0.25) is 0 Å². The second-order valence-corrected chi connectivity index (χ2v) is 7.72. The summed E-state index contributed by atoms with van der Waals surface area (Å²) in [6.07, 6.45) is 3.05. The second-order valence-electron chi connectivity index (χ2n) is 7.72. The molecule has 0 radical (unpaired) electrons. The Bertz CT molecular complexity index is 331. The van der Waals surface area contributed by atoms with E-state index in [2.05, 4.69) is 24.1 Å². The monoisotopic (exact) mass is 313 g/mol. The summed E-state index contributed by atoms with van der Waals surface area (Å²) in [5.74, 6) is 1.61. The summed E-state index contributed by atoms with van der Waals surface area (Å²) in [5, 5.41) is 2.83. The zero-order chi connectivity index (χ0) is 16.8. The van der Waals surface area contributed by atoms with Crippen molar-refractivity contribution in [2.75, 3.05) is 26.2 Å². The van der Waals surface area contributed by atoms with Gasteiger partial charge in [-0.2, -0.15) is 0 Å². The third kappa shape index (κ3) is 6.97. The minimum Gasteiger partial charge on any atom is -0.444 e. The molecule has 130 valence electrons. The van der Waals surface area contributed by atoms with Gasteiger partial charge in [0.15, 0.2) is 0 Å². The number of hydrogen-bond donors (Lipinski definition) is 2. The summed E-state index contributed by atoms with van der Waals surface area (Å²) in [7, 11) is 0. The molecule has 1 aliphatic heterocycles. The highest BCUT2D eigenvalue weighted by Crippen LogP contribution is 2.25. The minimum absolute atomic E-state index is 0.346. The van der Waals surface area contributed by atoms with Crippen molar-refractivity contribution in [3.8, 4) is 0 Å². The van der Waals surface area contributed by atoms with E-state index in [1.54, 1.807) is 0 Å². The fraction of sp³-hybridized carbons (Fsp3) is 0.941. The van der Waals surface area contributed by atoms with E-state index >= 15 is 0 Å². The molecule has 5 nitrogen and oxygen atoms in total. The van der Waals surface area contributed by atoms with Gasteiger partial charge in [0.2, 0.25) is 0 Å². The molecule has 0 aromatic rings. The van der Waals surface area contributed by atoms with Crippen LogP contribution in [0.5, 0.6) is 0 Å². The number of hydrogen-bond acceptors (Lipinski definition) is 4. The third-order valence-corrected chi connectivity index (χ3v) is 4.45. The van der Waals surface area contributed by atoms with E-state index in [0.29, 0.717) is 19.1 Å². The van der Waals surface area contributed by atoms with Crippen LogP contribution in [0.1, 0.15) is 53.9 Å². The van der Waals surface area contributed by atoms with Crippen LogP contribution in [0.15, 0.2) is 0 Å². The molecule has 5 heteroatoms. The number of nitrogens with zero attached hydrogens (tertiary/aromatic N) is 1. The van der Waals surface area contributed by atoms with Crippen molar-refractivity contribution in [1.82, 2.24) is 10.2 Å². The van der Waals surface area contributed by atoms with Crippen molar-refractivity contribution in [3.63, 3.8) is 0 Å². The molecule has 1 heterocycles. The first-order valence-corrected chi connectivity index (χ1v) is 8.64. The summed E-state index contributed by atoms with van der Waals surface area (Å²) in [6.45, 7) is 13.7. The Labute approximate surface area is 135 Å². The lowest BCUT2D eigenvalue weighted by molar-refractivity contribution is 0.0517. The molecule has 0 aromatic heterocycles. The van der Waals surface area contributed by atoms with Crippen LogP contribution < -0.4 is 11.1 Å². The van der Waals surface area contributed by atoms with Crippen molar-refractivity contribution in [3.05, 3.63) is 0 Å². The third-order valence-electron chi connectivity index (χ3n) is 4.45. The lowest BCUT2D eigenvalue weighted by Gasteiger charge is -2.38. The van der Waals surface area contributed by atoms with Crippen molar-refractivity contribution in [2.45, 2.75) is 65.5 Å². The number of ether oxygens (including phenoxy) is 1. The Morgan fingerprint density at radius 3 is 2.36 bits per heavy atom. The van der Waals surface area contributed by atoms with E-state index in [9.17, 15) is 4.79 Å². The zero-order valence-corrected chi connectivity index (χ0v) is 15.0. The van der Waals surface area contributed by atoms with E-state index in [1.807, 2.05) is 20.8 Å². The molecule has 1 aliphatic rings. The van der Waals surface area contributed by atoms with E-state index in [0.717, 1.165) is 31.3 Å². The average Bonchev–Trinajstić information content (AvgIpc) is 2.42. The zero-order valence-electron chi connectivity index (χ0n) is 15.0. The minimum atomic E-state index is -0.448. The molecule has 1 saturated heterocycles. The van der Waals surface area contributed by atoms with Gasteiger partial charge in [0.25, 0.3) is 0 Å². The van der Waals surface area contributed by atoms with Crippen LogP contribution in [-0.2, 0) is 4.74 Å². The van der Waals surface area contributed by atoms with Gasteiger partial charge in [-0.1, -0.05) is 13.8 Å². The molecule has 0 spiro atoms. The normalized spacial score (nSPS) is 19.2. The molecule has 1 unspecified atom stereocenters. The Balaban J connectivity index is 2.30. The van der Waals surface area contributed by atoms with Gasteiger partial charge in [0, 0.05) is 19.1 Å². The van der Waals surface area contributed by atoms with Gasteiger partial charge >= 0.3 is 6.09 Å². The number of amides is 1. The number of nitrogens with two attached hydrogens (primary N) is 1. The van der Waals surface area contributed by atoms with Gasteiger partial charge in [0.1, 0.15) is 5.60 Å². The Morgan fingerprint density at radius 1 is 1.32 bits per heavy atom. The molecule has 3 N–H and O–H groups in total. The quantitative estimate of drug-likeness (QED) is 0.791. The van der Waals surface area contributed by atoms with Crippen LogP contribution in [0.3, 0.4) is 0 Å². The van der Waals surface area contributed by atoms with Crippen molar-refractivity contribution < 1.29 is 9.53 Å². The number of piperidine rings is 1. The van der Waals surface area contributed by atoms with Crippen LogP contribution in [0.4, 0.5) is 4.79 Å². The van der Waals surface area contributed by atoms with Gasteiger partial charge in [-0.25, -0.2) is 4.79 Å². The highest BCUT2D eigenvalue weighted by molar-refractivity contribution is 5.67. The molecule has 0 saturated carbocycles. The summed E-state index contributed by atoms with van der Waals surface area (Å²) in [5.41, 5.74) is 5.48. The standard InChI is InChI=1S/C17H35N3O2/c1-13(2)14-7-10-20(11-8-14)15(12-18)6-9-19-16(21)22-17(3,4)5/h13-15H,6-12,18H2,1-5H3,(H,19,21). The molecule has 22 heavy (non-hydrogen) atoms. The number of likely N-dealkylation sites (tertiary alicyclic amines) is 1. The average molecular weight is 313 g/mol. The molecule has 1 rings (SSSR count). The highest BCUT2D eigenvalue weighted by Gasteiger charge is 2.25. The Kier molecular flexibility index (Phi) is 7.63. The number of rotatable bonds is 6. The fourth-order valence-corrected chi connectivity index (χ4v) is 3.06. The molecule has 1 amide bonds. The lowest BCUT2D eigenvalue weighted by atomic mass is 9.86. The van der Waals surface area contributed by atoms with Gasteiger partial charge in [-0.15, -0.1) is 0 Å². The largest absolute Gasteiger partial charge is 0.444 e. The first kappa shape index (κ1) is 19.2. The maximum atomic E-state index is 11.6. The fourth-order valence-electron chi connectivity index (χ4n) is 3.06. The number of carbonyl (C=O) groups excluding carboxylic acids is 1. The van der Waals surface area contributed by atoms with E-state index in [1.165, 1.54) is 12.8 Å². The molecular formula is C17H35N3O2. The van der Waals surface area contributed by atoms with Crippen molar-refractivity contribution in [2.24, 2.45) is 17.6 Å². The van der Waals surface area contributed by atoms with E-state index in [-0.39, 0.29) is 6.09 Å². The number of nitrogens with one attached hydrogen (secondary N) is 1. The van der Waals surface area contributed by atoms with Crippen molar-refractivity contribution in [1.29, 1.82) is 0 Å². The predicted molar refractivity (Wildman–Crippen MR) is 90.8 cm³/mol. The maximum Gasteiger partial charge on any atom is 0.407 e. The molecule has 0 aliphatic carbocycles. The van der Waals surface area contributed by atoms with Gasteiger partial charge < -0.3 is 15.8 Å². The first-order chi connectivity index (χ1) is 10.2. The summed E-state index contributed by atoms with van der Waals surface area (Å²) in [4.78, 5) is 14.1. The SMILES string of the molecule is CC(C)C1CCN(C(CN)CCNC(=O)OC(C)(C)C)CC1. The predicted octanol–water partition coefficient (Wildman–Crippen LogP) is 2.60. The van der Waals surface area contributed by atoms with Crippen LogP contribution in [-0.4, -0.2) is 48.8 Å². The van der Waals surface area contributed by atoms with Gasteiger partial charge in [0.05, 0.1) is 0 Å². The van der Waals surface area contributed by atoms with Gasteiger partial charge in [-0.05, 0) is 65.0 Å². The molecule has 1 fully saturated rings. The molecule has 0 aromatic carbocycles. The van der Waals surface area contributed by atoms with Gasteiger partial charge in [-0.3, -0.25) is 4.90 Å². The molecule has 0 bridgehead atoms. The topological polar surface area (TPSA) is 67.6 Å². The van der Waals surface area contributed by atoms with Crippen molar-refractivity contribution >= 4 is 6.09 Å². The number of carbonyl (C=O) groups is 1. The van der Waals surface area contributed by atoms with E-state index in [4.69, 9.17) is 10.5 Å². The summed E-state index contributed by atoms with van der Waals surface area (Å²) in [6, 6.07) is 0.350. The Hall–Kier alpha value is -0.810. The second kappa shape index (κ2) is 8.73. The molecular weight excluding hydrogens is 278 g/mol. The maximum absolute atomic E-state index is 11.6. The summed E-state index contributed by atoms with van der Waals surface area (Å²) >= 11 is 0. The smallest absolute Gasteiger partial charge is 0.407 e.